The van der Waals surface area contributed by atoms with Crippen LogP contribution in [0.4, 0.5) is 0 Å². The van der Waals surface area contributed by atoms with Crippen LogP contribution in [0, 0.1) is 0 Å². The molecule has 1 rings (SSSR count). The summed E-state index contributed by atoms with van der Waals surface area (Å²) < 4.78 is 31.1. The van der Waals surface area contributed by atoms with Crippen LogP contribution in [0.15, 0.2) is 0 Å². The lowest BCUT2D eigenvalue weighted by Gasteiger charge is -2.42. The van der Waals surface area contributed by atoms with Crippen molar-refractivity contribution in [3.05, 3.63) is 0 Å². The topological polar surface area (TPSA) is 141 Å². The van der Waals surface area contributed by atoms with E-state index in [-0.39, 0.29) is 6.42 Å². The average Bonchev–Trinajstić information content (AvgIpc) is 2.51. The van der Waals surface area contributed by atoms with Gasteiger partial charge in [0.05, 0.1) is 6.42 Å². The molecular weight excluding hydrogens is 380 g/mol. The lowest BCUT2D eigenvalue weighted by Crippen LogP contribution is -2.58. The summed E-state index contributed by atoms with van der Waals surface area (Å²) in [6, 6.07) is 0. The SMILES string of the molecule is CC(=O)OCC(OC(C)=O)C1O[C@H](OC(C)=O)CC(OC(C)=O)C1OC(C)=O. The molecule has 0 saturated carbocycles. The molecule has 0 aromatic rings. The fourth-order valence-corrected chi connectivity index (χ4v) is 2.68. The second-order valence-corrected chi connectivity index (χ2v) is 6.05. The quantitative estimate of drug-likeness (QED) is 0.419. The van der Waals surface area contributed by atoms with Crippen molar-refractivity contribution in [2.24, 2.45) is 0 Å². The molecule has 0 bridgehead atoms. The van der Waals surface area contributed by atoms with Gasteiger partial charge in [-0.15, -0.1) is 0 Å². The molecule has 4 unspecified atom stereocenters. The normalized spacial score (nSPS) is 25.0. The molecule has 28 heavy (non-hydrogen) atoms. The van der Waals surface area contributed by atoms with E-state index in [0.29, 0.717) is 0 Å². The maximum atomic E-state index is 11.6. The second kappa shape index (κ2) is 10.6. The smallest absolute Gasteiger partial charge is 0.304 e. The number of carbonyl (C=O) groups excluding carboxylic acids is 5. The summed E-state index contributed by atoms with van der Waals surface area (Å²) in [7, 11) is 0. The van der Waals surface area contributed by atoms with E-state index in [2.05, 4.69) is 0 Å². The summed E-state index contributed by atoms with van der Waals surface area (Å²) in [6.45, 7) is 5.29. The van der Waals surface area contributed by atoms with Crippen molar-refractivity contribution < 1.29 is 52.4 Å². The number of carbonyl (C=O) groups is 5. The van der Waals surface area contributed by atoms with Crippen LogP contribution in [0.1, 0.15) is 41.0 Å². The Morgan fingerprint density at radius 2 is 1.39 bits per heavy atom. The van der Waals surface area contributed by atoms with Gasteiger partial charge in [0.1, 0.15) is 18.8 Å². The highest BCUT2D eigenvalue weighted by molar-refractivity contribution is 5.68. The zero-order chi connectivity index (χ0) is 21.4. The van der Waals surface area contributed by atoms with Gasteiger partial charge in [-0.3, -0.25) is 24.0 Å². The maximum absolute atomic E-state index is 11.6. The Morgan fingerprint density at radius 3 is 1.86 bits per heavy atom. The van der Waals surface area contributed by atoms with Gasteiger partial charge in [0, 0.05) is 34.6 Å². The molecule has 0 aromatic carbocycles. The van der Waals surface area contributed by atoms with Gasteiger partial charge in [0.15, 0.2) is 12.2 Å². The Balaban J connectivity index is 3.23. The minimum absolute atomic E-state index is 0.117. The van der Waals surface area contributed by atoms with E-state index in [1.807, 2.05) is 0 Å². The molecule has 5 atom stereocenters. The Morgan fingerprint density at radius 1 is 0.821 bits per heavy atom. The molecular formula is C17H24O11. The van der Waals surface area contributed by atoms with Crippen molar-refractivity contribution >= 4 is 29.8 Å². The summed E-state index contributed by atoms with van der Waals surface area (Å²) in [4.78, 5) is 57.0. The number of rotatable bonds is 7. The summed E-state index contributed by atoms with van der Waals surface area (Å²) in [5, 5.41) is 0. The number of ether oxygens (including phenoxy) is 6. The Labute approximate surface area is 161 Å². The van der Waals surface area contributed by atoms with Crippen LogP contribution >= 0.6 is 0 Å². The predicted molar refractivity (Wildman–Crippen MR) is 88.3 cm³/mol. The minimum Gasteiger partial charge on any atom is -0.462 e. The highest BCUT2D eigenvalue weighted by Crippen LogP contribution is 2.30. The fraction of sp³-hybridized carbons (Fsp3) is 0.706. The molecule has 0 spiro atoms. The van der Waals surface area contributed by atoms with E-state index in [9.17, 15) is 24.0 Å². The Bertz CT molecular complexity index is 614. The standard InChI is InChI=1S/C17H24O11/c1-8(18)23-7-14(25-10(3)20)17-16(27-12(5)22)13(24-9(2)19)6-15(28-17)26-11(4)21/h13-17H,6-7H2,1-5H3/t13?,14?,15-,16?,17?/m0/s1. The van der Waals surface area contributed by atoms with Crippen LogP contribution in [0.25, 0.3) is 0 Å². The Kier molecular flexibility index (Phi) is 8.83. The first-order valence-corrected chi connectivity index (χ1v) is 8.47. The highest BCUT2D eigenvalue weighted by Gasteiger charge is 2.49. The average molecular weight is 404 g/mol. The molecule has 0 aromatic heterocycles. The molecule has 0 amide bonds. The van der Waals surface area contributed by atoms with E-state index in [0.717, 1.165) is 34.6 Å². The van der Waals surface area contributed by atoms with Crippen molar-refractivity contribution in [1.82, 2.24) is 0 Å². The van der Waals surface area contributed by atoms with Crippen molar-refractivity contribution in [2.75, 3.05) is 6.61 Å². The zero-order valence-corrected chi connectivity index (χ0v) is 16.3. The predicted octanol–water partition coefficient (Wildman–Crippen LogP) is 0.0227. The van der Waals surface area contributed by atoms with Crippen LogP contribution in [0.3, 0.4) is 0 Å². The highest BCUT2D eigenvalue weighted by atomic mass is 16.7. The van der Waals surface area contributed by atoms with E-state index in [1.54, 1.807) is 0 Å². The molecule has 1 saturated heterocycles. The number of esters is 5. The van der Waals surface area contributed by atoms with Crippen LogP contribution in [0.2, 0.25) is 0 Å². The van der Waals surface area contributed by atoms with Gasteiger partial charge in [0.25, 0.3) is 0 Å². The minimum atomic E-state index is -1.24. The molecule has 11 heteroatoms. The van der Waals surface area contributed by atoms with E-state index < -0.39 is 67.2 Å². The summed E-state index contributed by atoms with van der Waals surface area (Å²) in [5.74, 6) is -3.42. The molecule has 1 heterocycles. The van der Waals surface area contributed by atoms with Gasteiger partial charge in [-0.05, 0) is 0 Å². The monoisotopic (exact) mass is 404 g/mol. The summed E-state index contributed by atoms with van der Waals surface area (Å²) in [6.07, 6.45) is -6.01. The van der Waals surface area contributed by atoms with Crippen molar-refractivity contribution in [3.8, 4) is 0 Å². The zero-order valence-electron chi connectivity index (χ0n) is 16.3. The fourth-order valence-electron chi connectivity index (χ4n) is 2.68. The van der Waals surface area contributed by atoms with Gasteiger partial charge in [-0.1, -0.05) is 0 Å². The molecule has 158 valence electrons. The van der Waals surface area contributed by atoms with Gasteiger partial charge in [-0.2, -0.15) is 0 Å². The molecule has 1 aliphatic rings. The third kappa shape index (κ3) is 7.91. The summed E-state index contributed by atoms with van der Waals surface area (Å²) >= 11 is 0. The lowest BCUT2D eigenvalue weighted by atomic mass is 9.96. The first-order chi connectivity index (χ1) is 13.0. The summed E-state index contributed by atoms with van der Waals surface area (Å²) in [5.41, 5.74) is 0. The van der Waals surface area contributed by atoms with Crippen LogP contribution in [-0.2, 0) is 52.4 Å². The van der Waals surface area contributed by atoms with Gasteiger partial charge < -0.3 is 28.4 Å². The van der Waals surface area contributed by atoms with Crippen LogP contribution in [-0.4, -0.2) is 67.2 Å². The number of hydrogen-bond donors (Lipinski definition) is 0. The van der Waals surface area contributed by atoms with Crippen molar-refractivity contribution in [3.63, 3.8) is 0 Å². The third-order valence-electron chi connectivity index (χ3n) is 3.48. The molecule has 11 nitrogen and oxygen atoms in total. The molecule has 1 fully saturated rings. The largest absolute Gasteiger partial charge is 0.462 e. The van der Waals surface area contributed by atoms with Crippen LogP contribution in [0.5, 0.6) is 0 Å². The van der Waals surface area contributed by atoms with E-state index >= 15 is 0 Å². The Hall–Kier alpha value is -2.69. The van der Waals surface area contributed by atoms with Crippen LogP contribution < -0.4 is 0 Å². The number of hydrogen-bond acceptors (Lipinski definition) is 11. The first-order valence-electron chi connectivity index (χ1n) is 8.47. The molecule has 1 aliphatic heterocycles. The maximum Gasteiger partial charge on any atom is 0.304 e. The van der Waals surface area contributed by atoms with Gasteiger partial charge in [0.2, 0.25) is 6.29 Å². The van der Waals surface area contributed by atoms with E-state index in [1.165, 1.54) is 0 Å². The molecule has 0 radical (unpaired) electrons. The van der Waals surface area contributed by atoms with Gasteiger partial charge in [-0.25, -0.2) is 0 Å². The van der Waals surface area contributed by atoms with E-state index in [4.69, 9.17) is 28.4 Å². The second-order valence-electron chi connectivity index (χ2n) is 6.05. The van der Waals surface area contributed by atoms with Crippen molar-refractivity contribution in [1.29, 1.82) is 0 Å². The molecule has 0 N–H and O–H groups in total. The van der Waals surface area contributed by atoms with Crippen molar-refractivity contribution in [2.45, 2.75) is 71.7 Å². The third-order valence-corrected chi connectivity index (χ3v) is 3.48. The molecule has 0 aliphatic carbocycles. The first kappa shape index (κ1) is 23.3. The van der Waals surface area contributed by atoms with Gasteiger partial charge >= 0.3 is 29.8 Å². The lowest BCUT2D eigenvalue weighted by molar-refractivity contribution is -0.273.